The highest BCUT2D eigenvalue weighted by atomic mass is 35.5. The lowest BCUT2D eigenvalue weighted by Gasteiger charge is -2.30. The van der Waals surface area contributed by atoms with Gasteiger partial charge in [-0.15, -0.1) is 0 Å². The van der Waals surface area contributed by atoms with E-state index in [0.29, 0.717) is 23.0 Å². The summed E-state index contributed by atoms with van der Waals surface area (Å²) >= 11 is 6.12. The van der Waals surface area contributed by atoms with E-state index in [4.69, 9.17) is 11.6 Å². The fourth-order valence-electron chi connectivity index (χ4n) is 3.60. The molecule has 1 atom stereocenters. The van der Waals surface area contributed by atoms with Crippen LogP contribution in [0.2, 0.25) is 5.02 Å². The Morgan fingerprint density at radius 1 is 1.40 bits per heavy atom. The summed E-state index contributed by atoms with van der Waals surface area (Å²) in [5, 5.41) is 3.41. The molecule has 1 aliphatic heterocycles. The molecule has 0 unspecified atom stereocenters. The van der Waals surface area contributed by atoms with Gasteiger partial charge in [-0.3, -0.25) is 0 Å². The van der Waals surface area contributed by atoms with Crippen molar-refractivity contribution in [2.75, 3.05) is 26.7 Å². The smallest absolute Gasteiger partial charge is 0.317 e. The van der Waals surface area contributed by atoms with Gasteiger partial charge in [0.25, 0.3) is 0 Å². The monoisotopic (exact) mass is 367 g/mol. The molecule has 1 heterocycles. The number of halogens is 2. The summed E-state index contributed by atoms with van der Waals surface area (Å²) in [5.74, 6) is 0.297. The summed E-state index contributed by atoms with van der Waals surface area (Å²) in [4.78, 5) is 16.7. The van der Waals surface area contributed by atoms with E-state index >= 15 is 0 Å². The van der Waals surface area contributed by atoms with Gasteiger partial charge in [0.05, 0.1) is 6.54 Å². The number of piperidine rings is 1. The fourth-order valence-corrected chi connectivity index (χ4v) is 3.82. The molecule has 1 aromatic rings. The highest BCUT2D eigenvalue weighted by Crippen LogP contribution is 2.30. The van der Waals surface area contributed by atoms with E-state index in [1.807, 2.05) is 0 Å². The van der Waals surface area contributed by atoms with Gasteiger partial charge in [0.15, 0.2) is 0 Å². The second kappa shape index (κ2) is 8.37. The molecule has 0 aromatic heterocycles. The van der Waals surface area contributed by atoms with Crippen molar-refractivity contribution in [2.24, 2.45) is 5.92 Å². The van der Waals surface area contributed by atoms with E-state index < -0.39 is 0 Å². The van der Waals surface area contributed by atoms with E-state index in [1.165, 1.54) is 25.5 Å². The summed E-state index contributed by atoms with van der Waals surface area (Å²) in [6.45, 7) is 3.18. The van der Waals surface area contributed by atoms with Crippen molar-refractivity contribution in [1.29, 1.82) is 0 Å². The standard InChI is InChI=1S/C19H27ClFN3O/c1-23-11-3-4-14(12-23)9-10-22-19(25)24(15-7-8-15)13-16-17(20)5-2-6-18(16)21/h2,5-6,14-15H,3-4,7-13H2,1H3,(H,22,25)/t14-/m1/s1. The van der Waals surface area contributed by atoms with Crippen molar-refractivity contribution in [3.63, 3.8) is 0 Å². The molecule has 3 rings (SSSR count). The Kier molecular flexibility index (Phi) is 6.18. The highest BCUT2D eigenvalue weighted by molar-refractivity contribution is 6.31. The minimum atomic E-state index is -0.351. The molecule has 4 nitrogen and oxygen atoms in total. The zero-order valence-electron chi connectivity index (χ0n) is 14.8. The van der Waals surface area contributed by atoms with Gasteiger partial charge in [-0.2, -0.15) is 0 Å². The van der Waals surface area contributed by atoms with Crippen LogP contribution >= 0.6 is 11.6 Å². The van der Waals surface area contributed by atoms with Crippen LogP contribution in [0.3, 0.4) is 0 Å². The molecule has 1 saturated carbocycles. The van der Waals surface area contributed by atoms with Crippen molar-refractivity contribution >= 4 is 17.6 Å². The van der Waals surface area contributed by atoms with Gasteiger partial charge in [0, 0.05) is 29.7 Å². The molecule has 138 valence electrons. The van der Waals surface area contributed by atoms with Crippen LogP contribution in [0, 0.1) is 11.7 Å². The number of urea groups is 1. The third-order valence-corrected chi connectivity index (χ3v) is 5.54. The van der Waals surface area contributed by atoms with E-state index in [1.54, 1.807) is 17.0 Å². The van der Waals surface area contributed by atoms with Gasteiger partial charge in [0.2, 0.25) is 0 Å². The third kappa shape index (κ3) is 5.08. The van der Waals surface area contributed by atoms with Crippen molar-refractivity contribution in [3.8, 4) is 0 Å². The molecule has 1 N–H and O–H groups in total. The molecule has 1 aliphatic carbocycles. The third-order valence-electron chi connectivity index (χ3n) is 5.19. The number of carbonyl (C=O) groups is 1. The SMILES string of the molecule is CN1CCC[C@H](CCNC(=O)N(Cc2c(F)cccc2Cl)C2CC2)C1. The van der Waals surface area contributed by atoms with Gasteiger partial charge in [-0.1, -0.05) is 17.7 Å². The van der Waals surface area contributed by atoms with E-state index in [9.17, 15) is 9.18 Å². The van der Waals surface area contributed by atoms with Crippen LogP contribution in [-0.4, -0.2) is 48.6 Å². The van der Waals surface area contributed by atoms with E-state index in [0.717, 1.165) is 25.8 Å². The molecule has 0 bridgehead atoms. The first-order valence-electron chi connectivity index (χ1n) is 9.20. The maximum absolute atomic E-state index is 14.0. The molecule has 1 saturated heterocycles. The van der Waals surface area contributed by atoms with Gasteiger partial charge in [0.1, 0.15) is 5.82 Å². The van der Waals surface area contributed by atoms with Crippen molar-refractivity contribution in [1.82, 2.24) is 15.1 Å². The van der Waals surface area contributed by atoms with Crippen LogP contribution in [0.1, 0.15) is 37.7 Å². The Hall–Kier alpha value is -1.33. The Bertz CT molecular complexity index is 588. The van der Waals surface area contributed by atoms with Gasteiger partial charge in [-0.25, -0.2) is 9.18 Å². The molecule has 6 heteroatoms. The van der Waals surface area contributed by atoms with E-state index in [2.05, 4.69) is 17.3 Å². The Morgan fingerprint density at radius 2 is 2.20 bits per heavy atom. The zero-order chi connectivity index (χ0) is 17.8. The number of rotatable bonds is 6. The van der Waals surface area contributed by atoms with Crippen molar-refractivity contribution < 1.29 is 9.18 Å². The average molecular weight is 368 g/mol. The molecular formula is C19H27ClFN3O. The van der Waals surface area contributed by atoms with Crippen molar-refractivity contribution in [2.45, 2.75) is 44.7 Å². The Balaban J connectivity index is 1.53. The number of hydrogen-bond donors (Lipinski definition) is 1. The lowest BCUT2D eigenvalue weighted by atomic mass is 9.95. The van der Waals surface area contributed by atoms with Crippen LogP contribution in [0.4, 0.5) is 9.18 Å². The maximum Gasteiger partial charge on any atom is 0.317 e. The largest absolute Gasteiger partial charge is 0.338 e. The first-order chi connectivity index (χ1) is 12.0. The molecule has 1 aromatic carbocycles. The zero-order valence-corrected chi connectivity index (χ0v) is 15.6. The number of carbonyl (C=O) groups excluding carboxylic acids is 1. The average Bonchev–Trinajstić information content (AvgIpc) is 3.39. The molecule has 25 heavy (non-hydrogen) atoms. The molecule has 0 radical (unpaired) electrons. The lowest BCUT2D eigenvalue weighted by molar-refractivity contribution is 0.184. The number of likely N-dealkylation sites (tertiary alicyclic amines) is 1. The number of benzene rings is 1. The Labute approximate surface area is 154 Å². The number of hydrogen-bond acceptors (Lipinski definition) is 2. The maximum atomic E-state index is 14.0. The van der Waals surface area contributed by atoms with Gasteiger partial charge in [-0.05, 0) is 63.7 Å². The first kappa shape index (κ1) is 18.5. The summed E-state index contributed by atoms with van der Waals surface area (Å²) in [6, 6.07) is 4.75. The molecule has 2 fully saturated rings. The summed E-state index contributed by atoms with van der Waals surface area (Å²) < 4.78 is 14.0. The minimum Gasteiger partial charge on any atom is -0.338 e. The summed E-state index contributed by atoms with van der Waals surface area (Å²) in [7, 11) is 2.15. The number of nitrogens with one attached hydrogen (secondary N) is 1. The van der Waals surface area contributed by atoms with Crippen LogP contribution in [0.25, 0.3) is 0 Å². The second-order valence-electron chi connectivity index (χ2n) is 7.35. The van der Waals surface area contributed by atoms with Crippen LogP contribution < -0.4 is 5.32 Å². The predicted molar refractivity (Wildman–Crippen MR) is 98.2 cm³/mol. The molecule has 0 spiro atoms. The molecule has 2 aliphatic rings. The van der Waals surface area contributed by atoms with Crippen LogP contribution in [-0.2, 0) is 6.54 Å². The van der Waals surface area contributed by atoms with Crippen LogP contribution in [0.15, 0.2) is 18.2 Å². The second-order valence-corrected chi connectivity index (χ2v) is 7.76. The lowest BCUT2D eigenvalue weighted by Crippen LogP contribution is -2.42. The van der Waals surface area contributed by atoms with Gasteiger partial charge < -0.3 is 15.1 Å². The summed E-state index contributed by atoms with van der Waals surface area (Å²) in [6.07, 6.45) is 5.42. The van der Waals surface area contributed by atoms with E-state index in [-0.39, 0.29) is 24.4 Å². The van der Waals surface area contributed by atoms with Crippen LogP contribution in [0.5, 0.6) is 0 Å². The quantitative estimate of drug-likeness (QED) is 0.828. The predicted octanol–water partition coefficient (Wildman–Crippen LogP) is 3.89. The number of amides is 2. The summed E-state index contributed by atoms with van der Waals surface area (Å²) in [5.41, 5.74) is 0.403. The molecular weight excluding hydrogens is 341 g/mol. The highest BCUT2D eigenvalue weighted by Gasteiger charge is 2.33. The first-order valence-corrected chi connectivity index (χ1v) is 9.58. The molecule has 2 amide bonds. The number of nitrogens with zero attached hydrogens (tertiary/aromatic N) is 2. The van der Waals surface area contributed by atoms with Crippen molar-refractivity contribution in [3.05, 3.63) is 34.6 Å². The topological polar surface area (TPSA) is 35.6 Å². The normalized spacial score (nSPS) is 21.2. The Morgan fingerprint density at radius 3 is 2.88 bits per heavy atom. The van der Waals surface area contributed by atoms with Gasteiger partial charge >= 0.3 is 6.03 Å². The fraction of sp³-hybridized carbons (Fsp3) is 0.632. The minimum absolute atomic E-state index is 0.106.